The molecule has 1 aliphatic heterocycles. The van der Waals surface area contributed by atoms with E-state index in [4.69, 9.17) is 9.26 Å². The maximum Gasteiger partial charge on any atom is 0.243 e. The van der Waals surface area contributed by atoms with Gasteiger partial charge in [0.2, 0.25) is 21.7 Å². The van der Waals surface area contributed by atoms with Gasteiger partial charge in [0, 0.05) is 18.7 Å². The molecule has 3 aromatic rings. The average Bonchev–Trinajstić information content (AvgIpc) is 3.26. The predicted molar refractivity (Wildman–Crippen MR) is 113 cm³/mol. The molecule has 7 nitrogen and oxygen atoms in total. The summed E-state index contributed by atoms with van der Waals surface area (Å²) in [5.74, 6) is 1.59. The van der Waals surface area contributed by atoms with E-state index < -0.39 is 10.0 Å². The summed E-state index contributed by atoms with van der Waals surface area (Å²) in [5, 5.41) is 4.09. The molecule has 4 rings (SSSR count). The zero-order chi connectivity index (χ0) is 21.3. The minimum absolute atomic E-state index is 0.125. The zero-order valence-electron chi connectivity index (χ0n) is 17.3. The van der Waals surface area contributed by atoms with Crippen LogP contribution in [0.15, 0.2) is 51.9 Å². The molecule has 0 aliphatic carbocycles. The van der Waals surface area contributed by atoms with Gasteiger partial charge >= 0.3 is 0 Å². The molecule has 0 N–H and O–H groups in total. The molecule has 0 amide bonds. The van der Waals surface area contributed by atoms with E-state index in [2.05, 4.69) is 10.1 Å². The molecule has 0 unspecified atom stereocenters. The topological polar surface area (TPSA) is 85.5 Å². The lowest BCUT2D eigenvalue weighted by molar-refractivity contribution is 0.265. The second-order valence-corrected chi connectivity index (χ2v) is 9.57. The van der Waals surface area contributed by atoms with E-state index in [1.165, 1.54) is 4.31 Å². The Labute approximate surface area is 176 Å². The van der Waals surface area contributed by atoms with Crippen LogP contribution in [-0.2, 0) is 10.0 Å². The van der Waals surface area contributed by atoms with Crippen LogP contribution in [0.3, 0.4) is 0 Å². The molecule has 0 bridgehead atoms. The first kappa shape index (κ1) is 20.6. The van der Waals surface area contributed by atoms with Crippen LogP contribution in [0.25, 0.3) is 11.4 Å². The second-order valence-electron chi connectivity index (χ2n) is 7.63. The maximum absolute atomic E-state index is 13.2. The second kappa shape index (κ2) is 8.20. The molecule has 2 aromatic carbocycles. The summed E-state index contributed by atoms with van der Waals surface area (Å²) in [6, 6.07) is 12.7. The summed E-state index contributed by atoms with van der Waals surface area (Å²) >= 11 is 0. The van der Waals surface area contributed by atoms with Crippen molar-refractivity contribution in [2.24, 2.45) is 0 Å². The van der Waals surface area contributed by atoms with E-state index in [-0.39, 0.29) is 5.92 Å². The van der Waals surface area contributed by atoms with Crippen molar-refractivity contribution < 1.29 is 17.7 Å². The molecule has 0 saturated carbocycles. The molecular weight excluding hydrogens is 402 g/mol. The van der Waals surface area contributed by atoms with Crippen molar-refractivity contribution in [2.45, 2.75) is 37.5 Å². The fourth-order valence-electron chi connectivity index (χ4n) is 3.64. The fourth-order valence-corrected chi connectivity index (χ4v) is 5.25. The van der Waals surface area contributed by atoms with Gasteiger partial charge in [0.1, 0.15) is 5.75 Å². The van der Waals surface area contributed by atoms with Crippen molar-refractivity contribution in [2.75, 3.05) is 20.2 Å². The highest BCUT2D eigenvalue weighted by atomic mass is 32.2. The van der Waals surface area contributed by atoms with Gasteiger partial charge in [0.15, 0.2) is 0 Å². The van der Waals surface area contributed by atoms with Gasteiger partial charge < -0.3 is 9.26 Å². The van der Waals surface area contributed by atoms with Gasteiger partial charge in [0.05, 0.1) is 17.9 Å². The lowest BCUT2D eigenvalue weighted by Crippen LogP contribution is -2.39. The highest BCUT2D eigenvalue weighted by Crippen LogP contribution is 2.31. The highest BCUT2D eigenvalue weighted by molar-refractivity contribution is 7.89. The molecule has 1 aliphatic rings. The van der Waals surface area contributed by atoms with Gasteiger partial charge in [-0.25, -0.2) is 8.42 Å². The van der Waals surface area contributed by atoms with Crippen molar-refractivity contribution in [3.8, 4) is 17.1 Å². The largest absolute Gasteiger partial charge is 0.497 e. The third kappa shape index (κ3) is 3.97. The Morgan fingerprint density at radius 1 is 1.10 bits per heavy atom. The van der Waals surface area contributed by atoms with Crippen LogP contribution < -0.4 is 4.74 Å². The number of aryl methyl sites for hydroxylation is 2. The van der Waals surface area contributed by atoms with Crippen LogP contribution in [0.1, 0.15) is 35.8 Å². The Balaban J connectivity index is 1.54. The number of nitrogens with zero attached hydrogens (tertiary/aromatic N) is 3. The van der Waals surface area contributed by atoms with Crippen molar-refractivity contribution in [3.63, 3.8) is 0 Å². The summed E-state index contributed by atoms with van der Waals surface area (Å²) in [5.41, 5.74) is 2.86. The molecule has 158 valence electrons. The van der Waals surface area contributed by atoms with E-state index in [1.807, 2.05) is 44.2 Å². The van der Waals surface area contributed by atoms with E-state index in [0.717, 1.165) is 35.3 Å². The Kier molecular flexibility index (Phi) is 5.62. The molecule has 30 heavy (non-hydrogen) atoms. The Hall–Kier alpha value is -2.71. The highest BCUT2D eigenvalue weighted by Gasteiger charge is 2.33. The molecule has 1 aromatic heterocycles. The van der Waals surface area contributed by atoms with Crippen LogP contribution >= 0.6 is 0 Å². The van der Waals surface area contributed by atoms with Crippen molar-refractivity contribution in [1.82, 2.24) is 14.4 Å². The first-order chi connectivity index (χ1) is 14.4. The van der Waals surface area contributed by atoms with Gasteiger partial charge in [-0.2, -0.15) is 9.29 Å². The van der Waals surface area contributed by atoms with Crippen molar-refractivity contribution in [3.05, 3.63) is 59.5 Å². The summed E-state index contributed by atoms with van der Waals surface area (Å²) in [4.78, 5) is 4.86. The fraction of sp³-hybridized carbons (Fsp3) is 0.364. The van der Waals surface area contributed by atoms with Crippen LogP contribution in [0.2, 0.25) is 0 Å². The molecule has 1 fully saturated rings. The summed E-state index contributed by atoms with van der Waals surface area (Å²) < 4.78 is 38.5. The van der Waals surface area contributed by atoms with Crippen LogP contribution in [-0.4, -0.2) is 43.1 Å². The molecular formula is C22H25N3O4S. The van der Waals surface area contributed by atoms with Gasteiger partial charge in [-0.05, 0) is 74.2 Å². The van der Waals surface area contributed by atoms with E-state index in [1.54, 1.807) is 19.2 Å². The van der Waals surface area contributed by atoms with Crippen LogP contribution in [0, 0.1) is 13.8 Å². The number of ether oxygens (including phenoxy) is 1. The number of sulfonamides is 1. The number of hydrogen-bond donors (Lipinski definition) is 0. The zero-order valence-corrected chi connectivity index (χ0v) is 18.1. The van der Waals surface area contributed by atoms with Crippen LogP contribution in [0.5, 0.6) is 5.75 Å². The Bertz CT molecular complexity index is 1140. The van der Waals surface area contributed by atoms with Gasteiger partial charge in [-0.15, -0.1) is 0 Å². The number of piperidine rings is 1. The average molecular weight is 428 g/mol. The normalized spacial score (nSPS) is 17.8. The third-order valence-electron chi connectivity index (χ3n) is 5.64. The molecule has 1 saturated heterocycles. The summed E-state index contributed by atoms with van der Waals surface area (Å²) in [6.45, 7) is 4.72. The lowest BCUT2D eigenvalue weighted by atomic mass is 10.00. The number of methoxy groups -OCH3 is 1. The molecule has 1 atom stereocenters. The number of aromatic nitrogens is 2. The monoisotopic (exact) mass is 427 g/mol. The number of benzene rings is 2. The first-order valence-electron chi connectivity index (χ1n) is 9.94. The Morgan fingerprint density at radius 2 is 1.87 bits per heavy atom. The van der Waals surface area contributed by atoms with Gasteiger partial charge in [-0.1, -0.05) is 11.2 Å². The van der Waals surface area contributed by atoms with E-state index >= 15 is 0 Å². The molecule has 8 heteroatoms. The van der Waals surface area contributed by atoms with E-state index in [0.29, 0.717) is 29.7 Å². The molecule has 0 radical (unpaired) electrons. The SMILES string of the molecule is COc1ccc(-c2noc([C@@H]3CCCN(S(=O)(=O)c4ccc(C)c(C)c4)C3)n2)cc1. The van der Waals surface area contributed by atoms with Crippen molar-refractivity contribution >= 4 is 10.0 Å². The number of hydrogen-bond acceptors (Lipinski definition) is 6. The smallest absolute Gasteiger partial charge is 0.243 e. The van der Waals surface area contributed by atoms with Crippen LogP contribution in [0.4, 0.5) is 0 Å². The third-order valence-corrected chi connectivity index (χ3v) is 7.50. The summed E-state index contributed by atoms with van der Waals surface area (Å²) in [6.07, 6.45) is 1.55. The van der Waals surface area contributed by atoms with Gasteiger partial charge in [-0.3, -0.25) is 0 Å². The Morgan fingerprint density at radius 3 is 2.57 bits per heavy atom. The van der Waals surface area contributed by atoms with E-state index in [9.17, 15) is 8.42 Å². The van der Waals surface area contributed by atoms with Gasteiger partial charge in [0.25, 0.3) is 0 Å². The quantitative estimate of drug-likeness (QED) is 0.613. The molecule has 2 heterocycles. The maximum atomic E-state index is 13.2. The minimum Gasteiger partial charge on any atom is -0.497 e. The standard InChI is InChI=1S/C22H25N3O4S/c1-15-6-11-20(13-16(15)2)30(26,27)25-12-4-5-18(14-25)22-23-21(24-29-22)17-7-9-19(28-3)10-8-17/h6-11,13,18H,4-5,12,14H2,1-3H3/t18-/m1/s1. The molecule has 0 spiro atoms. The predicted octanol–water partition coefficient (Wildman–Crippen LogP) is 3.93. The number of rotatable bonds is 5. The summed E-state index contributed by atoms with van der Waals surface area (Å²) in [7, 11) is -1.95. The first-order valence-corrected chi connectivity index (χ1v) is 11.4. The minimum atomic E-state index is -3.57. The lowest BCUT2D eigenvalue weighted by Gasteiger charge is -2.30. The van der Waals surface area contributed by atoms with Crippen molar-refractivity contribution in [1.29, 1.82) is 0 Å².